The molecule has 2 N–H and O–H groups in total. The van der Waals surface area contributed by atoms with Crippen LogP contribution in [0, 0.1) is 5.92 Å². The molecule has 1 saturated carbocycles. The summed E-state index contributed by atoms with van der Waals surface area (Å²) in [5.41, 5.74) is -1.50. The number of hydrogen-bond donors (Lipinski definition) is 2. The van der Waals surface area contributed by atoms with Gasteiger partial charge in [-0.1, -0.05) is 0 Å². The lowest BCUT2D eigenvalue weighted by Crippen LogP contribution is -2.53. The normalized spacial score (nSPS) is 29.4. The van der Waals surface area contributed by atoms with Crippen molar-refractivity contribution in [2.24, 2.45) is 5.92 Å². The molecular weight excluding hydrogens is 213 g/mol. The van der Waals surface area contributed by atoms with Crippen LogP contribution in [0.4, 0.5) is 9.18 Å². The molecular formula is C11H20FNO3. The van der Waals surface area contributed by atoms with Crippen molar-refractivity contribution in [3.05, 3.63) is 0 Å². The van der Waals surface area contributed by atoms with Crippen LogP contribution in [0.15, 0.2) is 0 Å². The lowest BCUT2D eigenvalue weighted by molar-refractivity contribution is -0.0771. The van der Waals surface area contributed by atoms with Gasteiger partial charge in [-0.05, 0) is 39.5 Å². The molecule has 16 heavy (non-hydrogen) atoms. The number of nitrogens with one attached hydrogen (secondary N) is 1. The summed E-state index contributed by atoms with van der Waals surface area (Å²) in [4.78, 5) is 11.3. The van der Waals surface area contributed by atoms with Crippen LogP contribution in [0.3, 0.4) is 0 Å². The number of alkyl carbamates (subject to hydrolysis) is 1. The number of aliphatic hydroxyl groups is 1. The van der Waals surface area contributed by atoms with Gasteiger partial charge in [0.15, 0.2) is 0 Å². The summed E-state index contributed by atoms with van der Waals surface area (Å²) in [6, 6.07) is 0. The lowest BCUT2D eigenvalue weighted by atomic mass is 9.71. The quantitative estimate of drug-likeness (QED) is 0.778. The van der Waals surface area contributed by atoms with Gasteiger partial charge in [-0.3, -0.25) is 4.39 Å². The highest BCUT2D eigenvalue weighted by Gasteiger charge is 2.42. The number of halogens is 1. The van der Waals surface area contributed by atoms with E-state index in [4.69, 9.17) is 4.74 Å². The Morgan fingerprint density at radius 1 is 1.56 bits per heavy atom. The predicted molar refractivity (Wildman–Crippen MR) is 57.9 cm³/mol. The molecule has 1 fully saturated rings. The van der Waals surface area contributed by atoms with E-state index >= 15 is 0 Å². The summed E-state index contributed by atoms with van der Waals surface area (Å²) < 4.78 is 17.2. The minimum atomic E-state index is -0.951. The van der Waals surface area contributed by atoms with Gasteiger partial charge in [0.1, 0.15) is 5.60 Å². The monoisotopic (exact) mass is 233 g/mol. The highest BCUT2D eigenvalue weighted by Crippen LogP contribution is 2.37. The van der Waals surface area contributed by atoms with Crippen molar-refractivity contribution in [2.75, 3.05) is 13.2 Å². The van der Waals surface area contributed by atoms with Gasteiger partial charge in [0, 0.05) is 6.54 Å². The number of rotatable bonds is 3. The Labute approximate surface area is 95.2 Å². The van der Waals surface area contributed by atoms with Gasteiger partial charge in [-0.2, -0.15) is 0 Å². The highest BCUT2D eigenvalue weighted by molar-refractivity contribution is 5.67. The summed E-state index contributed by atoms with van der Waals surface area (Å²) in [7, 11) is 0. The molecule has 5 heteroatoms. The van der Waals surface area contributed by atoms with Gasteiger partial charge in [0.25, 0.3) is 0 Å². The molecule has 0 aliphatic heterocycles. The minimum absolute atomic E-state index is 0.0644. The second-order valence-electron chi connectivity index (χ2n) is 5.51. The van der Waals surface area contributed by atoms with Gasteiger partial charge in [-0.25, -0.2) is 4.79 Å². The van der Waals surface area contributed by atoms with E-state index in [1.54, 1.807) is 20.8 Å². The van der Waals surface area contributed by atoms with E-state index in [1.807, 2.05) is 0 Å². The zero-order chi connectivity index (χ0) is 12.4. The molecule has 0 heterocycles. The van der Waals surface area contributed by atoms with Crippen molar-refractivity contribution in [2.45, 2.75) is 44.8 Å². The van der Waals surface area contributed by atoms with Crippen molar-refractivity contribution in [3.8, 4) is 0 Å². The van der Waals surface area contributed by atoms with E-state index in [-0.39, 0.29) is 12.5 Å². The van der Waals surface area contributed by atoms with Crippen LogP contribution < -0.4 is 5.32 Å². The Kier molecular flexibility index (Phi) is 3.78. The van der Waals surface area contributed by atoms with Crippen LogP contribution in [0.25, 0.3) is 0 Å². The Hall–Kier alpha value is -0.840. The van der Waals surface area contributed by atoms with Crippen LogP contribution in [0.1, 0.15) is 33.6 Å². The first-order chi connectivity index (χ1) is 7.24. The van der Waals surface area contributed by atoms with Crippen molar-refractivity contribution in [1.82, 2.24) is 5.32 Å². The van der Waals surface area contributed by atoms with Gasteiger partial charge >= 0.3 is 6.09 Å². The number of hydrogen-bond acceptors (Lipinski definition) is 3. The van der Waals surface area contributed by atoms with E-state index < -0.39 is 24.0 Å². The maximum absolute atomic E-state index is 12.2. The summed E-state index contributed by atoms with van der Waals surface area (Å²) in [5, 5.41) is 12.3. The molecule has 0 spiro atoms. The van der Waals surface area contributed by atoms with E-state index in [9.17, 15) is 14.3 Å². The predicted octanol–water partition coefficient (Wildman–Crippen LogP) is 1.62. The second-order valence-corrected chi connectivity index (χ2v) is 5.51. The first kappa shape index (κ1) is 13.2. The average Bonchev–Trinajstić information content (AvgIpc) is 2.07. The van der Waals surface area contributed by atoms with Crippen molar-refractivity contribution in [3.63, 3.8) is 0 Å². The fourth-order valence-electron chi connectivity index (χ4n) is 1.82. The summed E-state index contributed by atoms with van der Waals surface area (Å²) >= 11 is 0. The summed E-state index contributed by atoms with van der Waals surface area (Å²) in [5.74, 6) is -0.0644. The van der Waals surface area contributed by atoms with E-state index in [1.165, 1.54) is 0 Å². The molecule has 0 atom stereocenters. The SMILES string of the molecule is CC(C)(C)OC(=O)NCC1(O)CC(CF)C1. The van der Waals surface area contributed by atoms with Gasteiger partial charge in [0.2, 0.25) is 0 Å². The Bertz CT molecular complexity index is 256. The number of amides is 1. The maximum atomic E-state index is 12.2. The second kappa shape index (κ2) is 4.57. The van der Waals surface area contributed by atoms with Crippen LogP contribution in [0.5, 0.6) is 0 Å². The number of carbonyl (C=O) groups excluding carboxylic acids is 1. The fourth-order valence-corrected chi connectivity index (χ4v) is 1.82. The van der Waals surface area contributed by atoms with Crippen molar-refractivity contribution in [1.29, 1.82) is 0 Å². The molecule has 0 bridgehead atoms. The zero-order valence-corrected chi connectivity index (χ0v) is 10.0. The van der Waals surface area contributed by atoms with Crippen molar-refractivity contribution < 1.29 is 19.0 Å². The van der Waals surface area contributed by atoms with Crippen LogP contribution in [-0.4, -0.2) is 35.6 Å². The van der Waals surface area contributed by atoms with E-state index in [2.05, 4.69) is 5.32 Å². The number of ether oxygens (including phenoxy) is 1. The maximum Gasteiger partial charge on any atom is 0.407 e. The molecule has 0 unspecified atom stereocenters. The summed E-state index contributed by atoms with van der Waals surface area (Å²) in [6.07, 6.45) is 0.253. The topological polar surface area (TPSA) is 58.6 Å². The van der Waals surface area contributed by atoms with E-state index in [0.29, 0.717) is 12.8 Å². The Balaban J connectivity index is 2.23. The molecule has 0 aromatic carbocycles. The third-order valence-electron chi connectivity index (χ3n) is 2.52. The highest BCUT2D eigenvalue weighted by atomic mass is 19.1. The first-order valence-corrected chi connectivity index (χ1v) is 5.49. The molecule has 0 saturated heterocycles. The molecule has 0 aromatic rings. The van der Waals surface area contributed by atoms with Crippen LogP contribution >= 0.6 is 0 Å². The van der Waals surface area contributed by atoms with Gasteiger partial charge in [-0.15, -0.1) is 0 Å². The average molecular weight is 233 g/mol. The minimum Gasteiger partial charge on any atom is -0.444 e. The van der Waals surface area contributed by atoms with Crippen LogP contribution in [-0.2, 0) is 4.74 Å². The molecule has 1 aliphatic rings. The molecule has 1 amide bonds. The van der Waals surface area contributed by atoms with Crippen molar-refractivity contribution >= 4 is 6.09 Å². The summed E-state index contributed by atoms with van der Waals surface area (Å²) in [6.45, 7) is 5.02. The van der Waals surface area contributed by atoms with Gasteiger partial charge in [0.05, 0.1) is 12.3 Å². The van der Waals surface area contributed by atoms with E-state index in [0.717, 1.165) is 0 Å². The van der Waals surface area contributed by atoms with Gasteiger partial charge < -0.3 is 15.2 Å². The standard InChI is InChI=1S/C11H20FNO3/c1-10(2,3)16-9(14)13-7-11(15)4-8(5-11)6-12/h8,15H,4-7H2,1-3H3,(H,13,14). The smallest absolute Gasteiger partial charge is 0.407 e. The fraction of sp³-hybridized carbons (Fsp3) is 0.909. The number of alkyl halides is 1. The molecule has 4 nitrogen and oxygen atoms in total. The molecule has 1 rings (SSSR count). The molecule has 0 radical (unpaired) electrons. The molecule has 0 aromatic heterocycles. The number of carbonyl (C=O) groups is 1. The Morgan fingerprint density at radius 2 is 2.12 bits per heavy atom. The third-order valence-corrected chi connectivity index (χ3v) is 2.52. The molecule has 1 aliphatic carbocycles. The largest absolute Gasteiger partial charge is 0.444 e. The first-order valence-electron chi connectivity index (χ1n) is 5.49. The lowest BCUT2D eigenvalue weighted by Gasteiger charge is -2.42. The zero-order valence-electron chi connectivity index (χ0n) is 10.0. The Morgan fingerprint density at radius 3 is 2.56 bits per heavy atom. The van der Waals surface area contributed by atoms with Crippen LogP contribution in [0.2, 0.25) is 0 Å². The third kappa shape index (κ3) is 3.96. The molecule has 94 valence electrons.